The van der Waals surface area contributed by atoms with Crippen LogP contribution in [0.2, 0.25) is 0 Å². The molecular weight excluding hydrogens is 325 g/mol. The highest BCUT2D eigenvalue weighted by Crippen LogP contribution is 2.45. The van der Waals surface area contributed by atoms with Crippen molar-refractivity contribution < 1.29 is 36.6 Å². The van der Waals surface area contributed by atoms with Gasteiger partial charge in [-0.25, -0.2) is 13.2 Å². The maximum atomic E-state index is 14.0. The number of carbonyl (C=O) groups is 1. The van der Waals surface area contributed by atoms with Crippen LogP contribution in [0.5, 0.6) is 5.75 Å². The second kappa shape index (κ2) is 6.31. The Morgan fingerprint density at radius 2 is 2.04 bits per heavy atom. The van der Waals surface area contributed by atoms with Crippen LogP contribution in [-0.4, -0.2) is 35.6 Å². The predicted octanol–water partition coefficient (Wildman–Crippen LogP) is 2.96. The summed E-state index contributed by atoms with van der Waals surface area (Å²) in [5.74, 6) is -7.24. The lowest BCUT2D eigenvalue weighted by molar-refractivity contribution is -0.212. The third kappa shape index (κ3) is 3.54. The third-order valence-corrected chi connectivity index (χ3v) is 3.61. The van der Waals surface area contributed by atoms with E-state index in [2.05, 4.69) is 4.74 Å². The molecule has 4 nitrogen and oxygen atoms in total. The first-order valence-corrected chi connectivity index (χ1v) is 6.78. The zero-order valence-corrected chi connectivity index (χ0v) is 11.8. The molecule has 0 aliphatic heterocycles. The van der Waals surface area contributed by atoms with Crippen molar-refractivity contribution in [2.75, 3.05) is 11.9 Å². The summed E-state index contributed by atoms with van der Waals surface area (Å²) in [6.45, 7) is -1.09. The molecule has 0 saturated heterocycles. The number of benzene rings is 1. The first-order valence-electron chi connectivity index (χ1n) is 6.78. The Kier molecular flexibility index (Phi) is 4.79. The Balaban J connectivity index is 2.17. The molecule has 0 unspecified atom stereocenters. The quantitative estimate of drug-likeness (QED) is 0.784. The lowest BCUT2D eigenvalue weighted by atomic mass is 9.75. The number of anilines is 1. The van der Waals surface area contributed by atoms with Crippen molar-refractivity contribution in [3.8, 4) is 5.75 Å². The minimum atomic E-state index is -4.07. The van der Waals surface area contributed by atoms with E-state index in [0.717, 1.165) is 12.1 Å². The van der Waals surface area contributed by atoms with Crippen molar-refractivity contribution in [2.45, 2.75) is 37.2 Å². The monoisotopic (exact) mass is 339 g/mol. The van der Waals surface area contributed by atoms with E-state index in [1.54, 1.807) is 5.32 Å². The molecule has 0 heterocycles. The molecule has 9 heteroatoms. The molecule has 1 saturated carbocycles. The maximum Gasteiger partial charge on any atom is 0.352 e. The number of amides is 1. The number of carbonyl (C=O) groups excluding carboxylic acids is 1. The van der Waals surface area contributed by atoms with Gasteiger partial charge in [0.1, 0.15) is 23.8 Å². The fraction of sp³-hybridized carbons (Fsp3) is 0.500. The van der Waals surface area contributed by atoms with E-state index in [1.807, 2.05) is 0 Å². The zero-order chi connectivity index (χ0) is 17.3. The Morgan fingerprint density at radius 3 is 2.57 bits per heavy atom. The molecule has 0 bridgehead atoms. The van der Waals surface area contributed by atoms with Crippen LogP contribution in [0, 0.1) is 5.82 Å². The van der Waals surface area contributed by atoms with E-state index in [-0.39, 0.29) is 18.5 Å². The fourth-order valence-corrected chi connectivity index (χ4v) is 2.11. The van der Waals surface area contributed by atoms with Gasteiger partial charge in [0.15, 0.2) is 0 Å². The Morgan fingerprint density at radius 1 is 1.39 bits per heavy atom. The van der Waals surface area contributed by atoms with Gasteiger partial charge in [-0.05, 0) is 31.4 Å². The van der Waals surface area contributed by atoms with E-state index < -0.39 is 42.0 Å². The molecule has 0 atom stereocenters. The van der Waals surface area contributed by atoms with Gasteiger partial charge in [0, 0.05) is 6.07 Å². The van der Waals surface area contributed by atoms with Crippen molar-refractivity contribution in [3.05, 3.63) is 24.0 Å². The second-order valence-corrected chi connectivity index (χ2v) is 5.26. The van der Waals surface area contributed by atoms with Gasteiger partial charge in [-0.15, -0.1) is 0 Å². The van der Waals surface area contributed by atoms with Crippen LogP contribution in [0.3, 0.4) is 0 Å². The van der Waals surface area contributed by atoms with Crippen molar-refractivity contribution >= 4 is 11.6 Å². The van der Waals surface area contributed by atoms with Gasteiger partial charge in [-0.2, -0.15) is 8.78 Å². The highest BCUT2D eigenvalue weighted by Gasteiger charge is 2.61. The van der Waals surface area contributed by atoms with Crippen molar-refractivity contribution in [2.24, 2.45) is 0 Å². The largest absolute Gasteiger partial charge is 0.485 e. The second-order valence-electron chi connectivity index (χ2n) is 5.26. The number of rotatable bonds is 6. The van der Waals surface area contributed by atoms with Gasteiger partial charge >= 0.3 is 5.92 Å². The van der Waals surface area contributed by atoms with E-state index in [0.29, 0.717) is 12.5 Å². The number of ether oxygens (including phenoxy) is 1. The van der Waals surface area contributed by atoms with Crippen molar-refractivity contribution in [1.29, 1.82) is 0 Å². The molecule has 2 N–H and O–H groups in total. The van der Waals surface area contributed by atoms with Crippen LogP contribution >= 0.6 is 0 Å². The van der Waals surface area contributed by atoms with Crippen LogP contribution in [0.1, 0.15) is 19.3 Å². The summed E-state index contributed by atoms with van der Waals surface area (Å²) >= 11 is 0. The lowest BCUT2D eigenvalue weighted by Crippen LogP contribution is -2.59. The van der Waals surface area contributed by atoms with Crippen LogP contribution in [-0.2, 0) is 4.79 Å². The minimum Gasteiger partial charge on any atom is -0.485 e. The lowest BCUT2D eigenvalue weighted by Gasteiger charge is -2.41. The average Bonchev–Trinajstić information content (AvgIpc) is 2.44. The van der Waals surface area contributed by atoms with E-state index >= 15 is 0 Å². The molecule has 1 amide bonds. The third-order valence-electron chi connectivity index (χ3n) is 3.61. The number of alkyl halides is 4. The van der Waals surface area contributed by atoms with Crippen LogP contribution in [0.4, 0.5) is 27.6 Å². The minimum absolute atomic E-state index is 0.231. The zero-order valence-electron chi connectivity index (χ0n) is 11.8. The molecule has 0 aromatic heterocycles. The average molecular weight is 339 g/mol. The first-order chi connectivity index (χ1) is 10.7. The Hall–Kier alpha value is -1.90. The van der Waals surface area contributed by atoms with E-state index in [9.17, 15) is 31.9 Å². The van der Waals surface area contributed by atoms with Crippen molar-refractivity contribution in [3.63, 3.8) is 0 Å². The molecular formula is C14H14F5NO3. The number of halogens is 5. The summed E-state index contributed by atoms with van der Waals surface area (Å²) in [6, 6.07) is 2.45. The fourth-order valence-electron chi connectivity index (χ4n) is 2.11. The highest BCUT2D eigenvalue weighted by molar-refractivity contribution is 5.98. The van der Waals surface area contributed by atoms with Crippen LogP contribution in [0.15, 0.2) is 18.2 Å². The summed E-state index contributed by atoms with van der Waals surface area (Å²) in [5.41, 5.74) is -2.82. The molecule has 23 heavy (non-hydrogen) atoms. The summed E-state index contributed by atoms with van der Waals surface area (Å²) in [6.07, 6.45) is -2.96. The molecule has 0 spiro atoms. The van der Waals surface area contributed by atoms with E-state index in [4.69, 9.17) is 0 Å². The Bertz CT molecular complexity index is 590. The van der Waals surface area contributed by atoms with Gasteiger partial charge < -0.3 is 15.2 Å². The molecule has 1 aromatic rings. The first kappa shape index (κ1) is 17.5. The number of nitrogens with one attached hydrogen (secondary N) is 1. The topological polar surface area (TPSA) is 58.6 Å². The SMILES string of the molecule is O=C(Nc1ccc(F)cc1OCC(F)F)C(F)(F)C1(O)CCC1. The van der Waals surface area contributed by atoms with Crippen LogP contribution < -0.4 is 10.1 Å². The smallest absolute Gasteiger partial charge is 0.352 e. The molecule has 1 aliphatic rings. The van der Waals surface area contributed by atoms with Gasteiger partial charge in [0.2, 0.25) is 0 Å². The molecule has 1 aromatic carbocycles. The van der Waals surface area contributed by atoms with Crippen molar-refractivity contribution in [1.82, 2.24) is 0 Å². The number of hydrogen-bond donors (Lipinski definition) is 2. The molecule has 2 rings (SSSR count). The van der Waals surface area contributed by atoms with Crippen LogP contribution in [0.25, 0.3) is 0 Å². The summed E-state index contributed by atoms with van der Waals surface area (Å²) in [5, 5.41) is 11.5. The highest BCUT2D eigenvalue weighted by atomic mass is 19.3. The molecule has 1 aliphatic carbocycles. The van der Waals surface area contributed by atoms with Gasteiger partial charge in [-0.3, -0.25) is 4.79 Å². The maximum absolute atomic E-state index is 14.0. The number of aliphatic hydroxyl groups is 1. The molecule has 1 fully saturated rings. The Labute approximate surface area is 128 Å². The van der Waals surface area contributed by atoms with Gasteiger partial charge in [-0.1, -0.05) is 0 Å². The summed E-state index contributed by atoms with van der Waals surface area (Å²) in [4.78, 5) is 11.7. The van der Waals surface area contributed by atoms with E-state index in [1.165, 1.54) is 0 Å². The normalized spacial score (nSPS) is 16.8. The molecule has 128 valence electrons. The van der Waals surface area contributed by atoms with Gasteiger partial charge in [0.25, 0.3) is 12.3 Å². The number of hydrogen-bond acceptors (Lipinski definition) is 3. The summed E-state index contributed by atoms with van der Waals surface area (Å²) in [7, 11) is 0. The summed E-state index contributed by atoms with van der Waals surface area (Å²) < 4.78 is 70.0. The van der Waals surface area contributed by atoms with Gasteiger partial charge in [0.05, 0.1) is 5.69 Å². The predicted molar refractivity (Wildman–Crippen MR) is 70.3 cm³/mol. The molecule has 0 radical (unpaired) electrons. The standard InChI is InChI=1S/C14H14F5NO3/c15-8-2-3-9(10(6-8)23-7-11(16)17)20-12(21)14(18,19)13(22)4-1-5-13/h2-3,6,11,22H,1,4-5,7H2,(H,20,21).